The molecule has 0 heterocycles. The largest absolute Gasteiger partial charge is 0.307 e. The number of carbonyl (C=O) groups is 1. The van der Waals surface area contributed by atoms with E-state index >= 15 is 0 Å². The minimum atomic E-state index is 0.500. The molecule has 0 saturated carbocycles. The van der Waals surface area contributed by atoms with Crippen molar-refractivity contribution in [3.8, 4) is 0 Å². The van der Waals surface area contributed by atoms with E-state index in [-0.39, 0.29) is 0 Å². The van der Waals surface area contributed by atoms with E-state index in [1.807, 2.05) is 43.2 Å². The minimum absolute atomic E-state index is 0.500. The van der Waals surface area contributed by atoms with Crippen LogP contribution < -0.4 is 0 Å². The van der Waals surface area contributed by atoms with Crippen molar-refractivity contribution < 1.29 is 4.79 Å². The maximum Gasteiger partial charge on any atom is 0.106 e. The molecular formula is C15H28O. The highest BCUT2D eigenvalue weighted by molar-refractivity contribution is 5.11. The molecule has 0 aliphatic carbocycles. The summed E-state index contributed by atoms with van der Waals surface area (Å²) in [5.41, 5.74) is 0.500. The van der Waals surface area contributed by atoms with Crippen molar-refractivity contribution >= 4 is 6.79 Å². The smallest absolute Gasteiger partial charge is 0.106 e. The van der Waals surface area contributed by atoms with Gasteiger partial charge in [0.1, 0.15) is 6.79 Å². The van der Waals surface area contributed by atoms with Crippen LogP contribution in [0.1, 0.15) is 48.0 Å². The van der Waals surface area contributed by atoms with Crippen molar-refractivity contribution in [1.29, 1.82) is 0 Å². The molecular weight excluding hydrogens is 196 g/mol. The average Bonchev–Trinajstić information content (AvgIpc) is 2.22. The first-order valence-corrected chi connectivity index (χ1v) is 5.70. The predicted molar refractivity (Wildman–Crippen MR) is 74.7 cm³/mol. The number of hydrogen-bond acceptors (Lipinski definition) is 1. The van der Waals surface area contributed by atoms with Gasteiger partial charge in [-0.15, -0.1) is 0 Å². The Balaban J connectivity index is -0.000000155. The van der Waals surface area contributed by atoms with E-state index in [1.54, 1.807) is 0 Å². The third-order valence-corrected chi connectivity index (χ3v) is 0.667. The second-order valence-electron chi connectivity index (χ2n) is 4.86. The molecule has 94 valence electrons. The van der Waals surface area contributed by atoms with Crippen LogP contribution in [0.25, 0.3) is 0 Å². The van der Waals surface area contributed by atoms with Crippen molar-refractivity contribution in [1.82, 2.24) is 0 Å². The van der Waals surface area contributed by atoms with Crippen LogP contribution >= 0.6 is 0 Å². The average molecular weight is 224 g/mol. The molecule has 0 fully saturated rings. The lowest BCUT2D eigenvalue weighted by Crippen LogP contribution is -1.93. The molecule has 0 amide bonds. The van der Waals surface area contributed by atoms with Crippen LogP contribution in [0.5, 0.6) is 0 Å². The van der Waals surface area contributed by atoms with Gasteiger partial charge in [-0.2, -0.15) is 0 Å². The second-order valence-corrected chi connectivity index (χ2v) is 4.86. The summed E-state index contributed by atoms with van der Waals surface area (Å²) in [4.78, 5) is 8.00. The zero-order valence-corrected chi connectivity index (χ0v) is 11.8. The molecule has 0 atom stereocenters. The molecule has 1 rings (SSSR count). The van der Waals surface area contributed by atoms with Gasteiger partial charge in [0.25, 0.3) is 0 Å². The summed E-state index contributed by atoms with van der Waals surface area (Å²) in [5, 5.41) is 0. The first-order valence-electron chi connectivity index (χ1n) is 5.70. The fourth-order valence-electron chi connectivity index (χ4n) is 0.385. The quantitative estimate of drug-likeness (QED) is 0.608. The topological polar surface area (TPSA) is 17.1 Å². The van der Waals surface area contributed by atoms with Crippen LogP contribution in [0, 0.1) is 5.41 Å². The Hall–Kier alpha value is -1.11. The highest BCUT2D eigenvalue weighted by Crippen LogP contribution is 2.08. The Morgan fingerprint density at radius 3 is 0.875 bits per heavy atom. The molecule has 0 unspecified atom stereocenters. The lowest BCUT2D eigenvalue weighted by molar-refractivity contribution is -0.0979. The summed E-state index contributed by atoms with van der Waals surface area (Å²) < 4.78 is 0. The normalized spacial score (nSPS) is 8.12. The highest BCUT2D eigenvalue weighted by atomic mass is 16.1. The van der Waals surface area contributed by atoms with Gasteiger partial charge in [-0.3, -0.25) is 0 Å². The third kappa shape index (κ3) is 76.2. The first-order chi connectivity index (χ1) is 7.41. The van der Waals surface area contributed by atoms with Gasteiger partial charge < -0.3 is 4.79 Å². The van der Waals surface area contributed by atoms with Gasteiger partial charge >= 0.3 is 0 Å². The lowest BCUT2D eigenvalue weighted by Gasteiger charge is -2.05. The van der Waals surface area contributed by atoms with E-state index in [4.69, 9.17) is 4.79 Å². The Morgan fingerprint density at radius 1 is 0.750 bits per heavy atom. The first kappa shape index (κ1) is 20.3. The Bertz CT molecular complexity index is 154. The van der Waals surface area contributed by atoms with Crippen LogP contribution in [0.2, 0.25) is 0 Å². The maximum absolute atomic E-state index is 8.00. The van der Waals surface area contributed by atoms with Crippen molar-refractivity contribution in [2.45, 2.75) is 48.0 Å². The van der Waals surface area contributed by atoms with Crippen molar-refractivity contribution in [2.24, 2.45) is 5.41 Å². The van der Waals surface area contributed by atoms with Gasteiger partial charge in [-0.1, -0.05) is 84.4 Å². The molecule has 1 nitrogen and oxygen atoms in total. The summed E-state index contributed by atoms with van der Waals surface area (Å²) in [6.07, 6.45) is 1.25. The second kappa shape index (κ2) is 16.3. The van der Waals surface area contributed by atoms with Gasteiger partial charge in [-0.05, 0) is 5.41 Å². The molecule has 0 radical (unpaired) electrons. The molecule has 1 aromatic rings. The van der Waals surface area contributed by atoms with Gasteiger partial charge in [0.05, 0.1) is 0 Å². The van der Waals surface area contributed by atoms with Crippen LogP contribution in [-0.2, 0) is 4.79 Å². The molecule has 16 heavy (non-hydrogen) atoms. The number of carbonyl (C=O) groups excluding carboxylic acids is 1. The molecule has 0 N–H and O–H groups in total. The summed E-state index contributed by atoms with van der Waals surface area (Å²) in [5.74, 6) is 0. The maximum atomic E-state index is 8.00. The zero-order chi connectivity index (χ0) is 13.4. The Labute approximate surface area is 102 Å². The molecule has 1 heteroatoms. The molecule has 0 saturated heterocycles. The molecule has 0 spiro atoms. The standard InChI is InChI=1S/C6H6.C5H12.C3H8.CH2O/c1-2-4-6-5-3-1;1-5(2,3)4;1-3-2;1-2/h1-6H;1-4H3;3H2,1-2H3;1H2. The fourth-order valence-corrected chi connectivity index (χ4v) is 0.385. The summed E-state index contributed by atoms with van der Waals surface area (Å²) >= 11 is 0. The van der Waals surface area contributed by atoms with Crippen LogP contribution in [0.15, 0.2) is 36.4 Å². The molecule has 0 aromatic heterocycles. The van der Waals surface area contributed by atoms with Gasteiger partial charge in [0, 0.05) is 0 Å². The van der Waals surface area contributed by atoms with Crippen LogP contribution in [0.3, 0.4) is 0 Å². The van der Waals surface area contributed by atoms with Crippen molar-refractivity contribution in [3.63, 3.8) is 0 Å². The van der Waals surface area contributed by atoms with E-state index < -0.39 is 0 Å². The minimum Gasteiger partial charge on any atom is -0.307 e. The van der Waals surface area contributed by atoms with Gasteiger partial charge in [0.15, 0.2) is 0 Å². The van der Waals surface area contributed by atoms with Crippen LogP contribution in [0.4, 0.5) is 0 Å². The van der Waals surface area contributed by atoms with Gasteiger partial charge in [-0.25, -0.2) is 0 Å². The number of rotatable bonds is 0. The predicted octanol–water partition coefficient (Wildman–Crippen LogP) is 4.97. The fraction of sp³-hybridized carbons (Fsp3) is 0.533. The highest BCUT2D eigenvalue weighted by Gasteiger charge is 1.95. The summed E-state index contributed by atoms with van der Waals surface area (Å²) in [7, 11) is 0. The van der Waals surface area contributed by atoms with Crippen molar-refractivity contribution in [3.05, 3.63) is 36.4 Å². The Kier molecular flexibility index (Phi) is 20.7. The molecule has 1 aromatic carbocycles. The SMILES string of the molecule is C=O.CC(C)(C)C.CCC.c1ccccc1. The molecule has 0 bridgehead atoms. The number of benzene rings is 1. The Morgan fingerprint density at radius 2 is 0.812 bits per heavy atom. The zero-order valence-electron chi connectivity index (χ0n) is 11.8. The molecule has 0 aliphatic heterocycles. The summed E-state index contributed by atoms with van der Waals surface area (Å²) in [6.45, 7) is 15.0. The summed E-state index contributed by atoms with van der Waals surface area (Å²) in [6, 6.07) is 12.0. The van der Waals surface area contributed by atoms with E-state index in [9.17, 15) is 0 Å². The third-order valence-electron chi connectivity index (χ3n) is 0.667. The van der Waals surface area contributed by atoms with Crippen LogP contribution in [-0.4, -0.2) is 6.79 Å². The van der Waals surface area contributed by atoms with Gasteiger partial charge in [0.2, 0.25) is 0 Å². The van der Waals surface area contributed by atoms with E-state index in [2.05, 4.69) is 41.5 Å². The van der Waals surface area contributed by atoms with E-state index in [1.165, 1.54) is 6.42 Å². The number of hydrogen-bond donors (Lipinski definition) is 0. The van der Waals surface area contributed by atoms with E-state index in [0.717, 1.165) is 0 Å². The molecule has 0 aliphatic rings. The monoisotopic (exact) mass is 224 g/mol. The lowest BCUT2D eigenvalue weighted by atomic mass is 10.0. The van der Waals surface area contributed by atoms with E-state index in [0.29, 0.717) is 5.41 Å². The van der Waals surface area contributed by atoms with Crippen molar-refractivity contribution in [2.75, 3.05) is 0 Å².